The van der Waals surface area contributed by atoms with Crippen LogP contribution in [0.4, 0.5) is 0 Å². The van der Waals surface area contributed by atoms with Crippen LogP contribution in [0.5, 0.6) is 0 Å². The van der Waals surface area contributed by atoms with E-state index in [1.165, 1.54) is 0 Å². The average molecular weight is 332 g/mol. The Hall–Kier alpha value is -0.000000000000000111. The summed E-state index contributed by atoms with van der Waals surface area (Å²) in [6.45, 7) is 4.98. The van der Waals surface area contributed by atoms with E-state index in [1.807, 2.05) is 0 Å². The summed E-state index contributed by atoms with van der Waals surface area (Å²) in [7, 11) is 0. The molecule has 0 heterocycles. The van der Waals surface area contributed by atoms with Crippen molar-refractivity contribution in [3.05, 3.63) is 0 Å². The molecule has 2 amide bonds. The first-order valence-electron chi connectivity index (χ1n) is 4.68. The molecule has 7 heteroatoms. The Kier molecular flexibility index (Phi) is 3.54. The lowest BCUT2D eigenvalue weighted by atomic mass is 10.1. The van der Waals surface area contributed by atoms with E-state index in [0.717, 1.165) is 0 Å². The van der Waals surface area contributed by atoms with Crippen LogP contribution in [0.25, 0.3) is 0 Å². The molecule has 1 aliphatic carbocycles. The molecule has 1 fully saturated rings. The molecule has 0 radical (unpaired) electrons. The fraction of sp³-hybridized carbons (Fsp3) is 0.778. The van der Waals surface area contributed by atoms with Crippen LogP contribution in [-0.4, -0.2) is 20.5 Å². The normalized spacial score (nSPS) is 27.1. The summed E-state index contributed by atoms with van der Waals surface area (Å²) >= 11 is 14.8. The van der Waals surface area contributed by atoms with Crippen LogP contribution in [-0.2, 0) is 9.59 Å². The van der Waals surface area contributed by atoms with Crippen LogP contribution < -0.4 is 10.9 Å². The van der Waals surface area contributed by atoms with Crippen LogP contribution >= 0.6 is 39.1 Å². The van der Waals surface area contributed by atoms with E-state index in [4.69, 9.17) is 23.2 Å². The molecule has 1 saturated carbocycles. The molecule has 1 aliphatic rings. The van der Waals surface area contributed by atoms with Crippen molar-refractivity contribution in [2.24, 2.45) is 5.41 Å². The molecule has 1 rings (SSSR count). The number of amides is 2. The number of alkyl halides is 3. The molecule has 1 atom stereocenters. The van der Waals surface area contributed by atoms with Crippen LogP contribution in [0.3, 0.4) is 0 Å². The largest absolute Gasteiger partial charge is 0.273 e. The zero-order valence-electron chi connectivity index (χ0n) is 9.16. The number of carbonyl (C=O) groups is 2. The second kappa shape index (κ2) is 4.03. The van der Waals surface area contributed by atoms with Gasteiger partial charge in [-0.25, -0.2) is 0 Å². The highest BCUT2D eigenvalue weighted by Crippen LogP contribution is 2.63. The van der Waals surface area contributed by atoms with Gasteiger partial charge in [0.2, 0.25) is 5.91 Å². The third-order valence-electron chi connectivity index (χ3n) is 2.59. The van der Waals surface area contributed by atoms with Crippen LogP contribution in [0.15, 0.2) is 0 Å². The SMILES string of the molecule is CC(C)(Br)C(=O)NNC(=O)[C@]1(C)CC1(Cl)Cl. The van der Waals surface area contributed by atoms with Gasteiger partial charge < -0.3 is 0 Å². The van der Waals surface area contributed by atoms with Gasteiger partial charge >= 0.3 is 0 Å². The van der Waals surface area contributed by atoms with Crippen molar-refractivity contribution in [2.75, 3.05) is 0 Å². The lowest BCUT2D eigenvalue weighted by molar-refractivity contribution is -0.132. The van der Waals surface area contributed by atoms with Gasteiger partial charge in [0.05, 0.1) is 5.41 Å². The van der Waals surface area contributed by atoms with Crippen LogP contribution in [0.1, 0.15) is 27.2 Å². The van der Waals surface area contributed by atoms with Gasteiger partial charge in [0.15, 0.2) is 0 Å². The van der Waals surface area contributed by atoms with Crippen LogP contribution in [0.2, 0.25) is 0 Å². The smallest absolute Gasteiger partial charge is 0.254 e. The molecule has 0 aromatic heterocycles. The molecule has 4 nitrogen and oxygen atoms in total. The Morgan fingerprint density at radius 3 is 2.06 bits per heavy atom. The molecular formula is C9H13BrCl2N2O2. The highest BCUT2D eigenvalue weighted by Gasteiger charge is 2.68. The molecule has 2 N–H and O–H groups in total. The molecule has 0 spiro atoms. The van der Waals surface area contributed by atoms with E-state index in [9.17, 15) is 9.59 Å². The highest BCUT2D eigenvalue weighted by atomic mass is 79.9. The summed E-state index contributed by atoms with van der Waals surface area (Å²) in [6, 6.07) is 0. The molecule has 0 bridgehead atoms. The molecule has 0 aromatic rings. The molecule has 16 heavy (non-hydrogen) atoms. The number of hydrazine groups is 1. The second-order valence-corrected chi connectivity index (χ2v) is 8.06. The predicted octanol–water partition coefficient (Wildman–Crippen LogP) is 1.89. The zero-order valence-corrected chi connectivity index (χ0v) is 12.3. The van der Waals surface area contributed by atoms with Crippen molar-refractivity contribution in [1.82, 2.24) is 10.9 Å². The summed E-state index contributed by atoms with van der Waals surface area (Å²) in [5, 5.41) is 0. The Bertz CT molecular complexity index is 341. The third kappa shape index (κ3) is 2.63. The lowest BCUT2D eigenvalue weighted by Gasteiger charge is -2.18. The Balaban J connectivity index is 2.47. The number of hydrogen-bond donors (Lipinski definition) is 2. The van der Waals surface area contributed by atoms with Crippen molar-refractivity contribution in [3.8, 4) is 0 Å². The molecule has 0 saturated heterocycles. The van der Waals surface area contributed by atoms with E-state index in [-0.39, 0.29) is 11.8 Å². The number of nitrogens with one attached hydrogen (secondary N) is 2. The number of hydrogen-bond acceptors (Lipinski definition) is 2. The van der Waals surface area contributed by atoms with E-state index in [1.54, 1.807) is 20.8 Å². The Labute approximate surface area is 113 Å². The van der Waals surface area contributed by atoms with E-state index in [2.05, 4.69) is 26.8 Å². The fourth-order valence-electron chi connectivity index (χ4n) is 1.05. The first kappa shape index (κ1) is 14.1. The zero-order chi connectivity index (χ0) is 12.8. The summed E-state index contributed by atoms with van der Waals surface area (Å²) in [5.74, 6) is -0.734. The predicted molar refractivity (Wildman–Crippen MR) is 66.5 cm³/mol. The minimum atomic E-state index is -1.04. The van der Waals surface area contributed by atoms with E-state index >= 15 is 0 Å². The van der Waals surface area contributed by atoms with Gasteiger partial charge in [0.25, 0.3) is 5.91 Å². The monoisotopic (exact) mass is 330 g/mol. The highest BCUT2D eigenvalue weighted by molar-refractivity contribution is 9.10. The van der Waals surface area contributed by atoms with E-state index in [0.29, 0.717) is 6.42 Å². The summed E-state index contributed by atoms with van der Waals surface area (Å²) in [4.78, 5) is 23.1. The van der Waals surface area contributed by atoms with Gasteiger partial charge in [-0.05, 0) is 27.2 Å². The van der Waals surface area contributed by atoms with Crippen molar-refractivity contribution in [3.63, 3.8) is 0 Å². The van der Waals surface area contributed by atoms with Crippen molar-refractivity contribution < 1.29 is 9.59 Å². The fourth-order valence-corrected chi connectivity index (χ4v) is 1.85. The quantitative estimate of drug-likeness (QED) is 0.599. The molecule has 92 valence electrons. The van der Waals surface area contributed by atoms with Crippen molar-refractivity contribution in [2.45, 2.75) is 35.8 Å². The van der Waals surface area contributed by atoms with Gasteiger partial charge in [0, 0.05) is 0 Å². The average Bonchev–Trinajstić information content (AvgIpc) is 2.61. The Morgan fingerprint density at radius 1 is 1.31 bits per heavy atom. The summed E-state index contributed by atoms with van der Waals surface area (Å²) in [5.41, 5.74) is 3.78. The van der Waals surface area contributed by atoms with Crippen LogP contribution in [0, 0.1) is 5.41 Å². The second-order valence-electron chi connectivity index (χ2n) is 4.59. The Morgan fingerprint density at radius 2 is 1.75 bits per heavy atom. The third-order valence-corrected chi connectivity index (χ3v) is 4.05. The molecular weight excluding hydrogens is 319 g/mol. The maximum Gasteiger partial charge on any atom is 0.254 e. The first-order valence-corrected chi connectivity index (χ1v) is 6.23. The number of halogens is 3. The minimum Gasteiger partial charge on any atom is -0.273 e. The number of rotatable bonds is 2. The van der Waals surface area contributed by atoms with Gasteiger partial charge in [0.1, 0.15) is 8.66 Å². The van der Waals surface area contributed by atoms with Gasteiger partial charge in [-0.1, -0.05) is 15.9 Å². The molecule has 0 aromatic carbocycles. The summed E-state index contributed by atoms with van der Waals surface area (Å²) < 4.78 is -1.78. The summed E-state index contributed by atoms with van der Waals surface area (Å²) in [6.07, 6.45) is 0.378. The lowest BCUT2D eigenvalue weighted by Crippen LogP contribution is -2.50. The van der Waals surface area contributed by atoms with E-state index < -0.39 is 14.1 Å². The van der Waals surface area contributed by atoms with Gasteiger partial charge in [-0.2, -0.15) is 0 Å². The molecule has 0 unspecified atom stereocenters. The molecule has 0 aliphatic heterocycles. The minimum absolute atomic E-state index is 0.347. The maximum absolute atomic E-state index is 11.7. The van der Waals surface area contributed by atoms with Crippen molar-refractivity contribution in [1.29, 1.82) is 0 Å². The van der Waals surface area contributed by atoms with Gasteiger partial charge in [-0.3, -0.25) is 20.4 Å². The maximum atomic E-state index is 11.7. The van der Waals surface area contributed by atoms with Gasteiger partial charge in [-0.15, -0.1) is 23.2 Å². The standard InChI is InChI=1S/C9H13BrCl2N2O2/c1-7(2,10)5(15)13-14-6(16)8(3)4-9(8,11)12/h4H2,1-3H3,(H,13,15)(H,14,16)/t8-/m0/s1. The first-order chi connectivity index (χ1) is 7.01. The number of carbonyl (C=O) groups excluding carboxylic acids is 2. The topological polar surface area (TPSA) is 58.2 Å². The van der Waals surface area contributed by atoms with Crippen molar-refractivity contribution >= 4 is 50.9 Å².